The van der Waals surface area contributed by atoms with Gasteiger partial charge in [0.2, 0.25) is 0 Å². The summed E-state index contributed by atoms with van der Waals surface area (Å²) in [7, 11) is 0. The monoisotopic (exact) mass is 662 g/mol. The highest BCUT2D eigenvalue weighted by molar-refractivity contribution is 5.83. The molecule has 4 nitrogen and oxygen atoms in total. The van der Waals surface area contributed by atoms with Crippen molar-refractivity contribution in [1.29, 1.82) is 0 Å². The zero-order valence-electron chi connectivity index (χ0n) is 28.7. The summed E-state index contributed by atoms with van der Waals surface area (Å²) in [5.41, 5.74) is 4.17. The summed E-state index contributed by atoms with van der Waals surface area (Å²) in [6.07, 6.45) is 12.6. The van der Waals surface area contributed by atoms with Crippen molar-refractivity contribution in [1.82, 2.24) is 0 Å². The maximum atomic E-state index is 12.8. The molecule has 0 radical (unpaired) electrons. The molecule has 1 N–H and O–H groups in total. The minimum absolute atomic E-state index is 0.0213. The molecular formula is C46H46O4. The van der Waals surface area contributed by atoms with Crippen molar-refractivity contribution < 1.29 is 19.4 Å². The Balaban J connectivity index is 0.000000140. The van der Waals surface area contributed by atoms with Gasteiger partial charge >= 0.3 is 5.97 Å². The first-order valence-electron chi connectivity index (χ1n) is 17.5. The molecule has 0 atom stereocenters. The zero-order chi connectivity index (χ0) is 34.9. The van der Waals surface area contributed by atoms with Crippen LogP contribution in [0.4, 0.5) is 0 Å². The predicted molar refractivity (Wildman–Crippen MR) is 206 cm³/mol. The van der Waals surface area contributed by atoms with Gasteiger partial charge in [-0.15, -0.1) is 0 Å². The maximum absolute atomic E-state index is 12.8. The maximum Gasteiger partial charge on any atom is 0.317 e. The molecular weight excluding hydrogens is 617 g/mol. The van der Waals surface area contributed by atoms with Crippen LogP contribution in [0, 0.1) is 23.2 Å². The topological polar surface area (TPSA) is 55.8 Å². The quantitative estimate of drug-likeness (QED) is 0.133. The summed E-state index contributed by atoms with van der Waals surface area (Å²) in [5.74, 6) is 4.17. The molecule has 4 aliphatic carbocycles. The Morgan fingerprint density at radius 2 is 1.12 bits per heavy atom. The predicted octanol–water partition coefficient (Wildman–Crippen LogP) is 11.5. The molecule has 9 rings (SSSR count). The van der Waals surface area contributed by atoms with Gasteiger partial charge in [0, 0.05) is 0 Å². The van der Waals surface area contributed by atoms with E-state index in [1.165, 1.54) is 35.6 Å². The number of hydrogen-bond donors (Lipinski definition) is 1. The van der Waals surface area contributed by atoms with Crippen LogP contribution >= 0.6 is 0 Å². The molecule has 4 bridgehead atoms. The number of rotatable bonds is 8. The third-order valence-corrected chi connectivity index (χ3v) is 10.3. The van der Waals surface area contributed by atoms with Crippen molar-refractivity contribution in [2.75, 3.05) is 0 Å². The molecule has 0 spiro atoms. The molecule has 50 heavy (non-hydrogen) atoms. The van der Waals surface area contributed by atoms with E-state index in [2.05, 4.69) is 62.2 Å². The van der Waals surface area contributed by atoms with Gasteiger partial charge in [0.15, 0.2) is 0 Å². The van der Waals surface area contributed by atoms with Gasteiger partial charge < -0.3 is 14.6 Å². The molecule has 0 amide bonds. The average molecular weight is 663 g/mol. The van der Waals surface area contributed by atoms with Gasteiger partial charge in [-0.05, 0) is 132 Å². The van der Waals surface area contributed by atoms with Crippen molar-refractivity contribution in [3.8, 4) is 17.2 Å². The van der Waals surface area contributed by atoms with Crippen LogP contribution in [0.2, 0.25) is 0 Å². The molecule has 5 aromatic rings. The fourth-order valence-electron chi connectivity index (χ4n) is 8.05. The Labute approximate surface area is 296 Å². The largest absolute Gasteiger partial charge is 0.508 e. The third-order valence-electron chi connectivity index (χ3n) is 10.3. The second-order valence-corrected chi connectivity index (χ2v) is 13.9. The van der Waals surface area contributed by atoms with Crippen molar-refractivity contribution >= 4 is 35.0 Å². The van der Waals surface area contributed by atoms with Gasteiger partial charge in [-0.3, -0.25) is 4.79 Å². The molecule has 0 aromatic heterocycles. The molecule has 4 aliphatic rings. The Kier molecular flexibility index (Phi) is 11.0. The zero-order valence-corrected chi connectivity index (χ0v) is 28.7. The number of carbonyl (C=O) groups excluding carboxylic acids is 1. The lowest BCUT2D eigenvalue weighted by Crippen LogP contribution is -2.51. The van der Waals surface area contributed by atoms with E-state index in [1.807, 2.05) is 66.7 Å². The van der Waals surface area contributed by atoms with Crippen molar-refractivity contribution in [3.63, 3.8) is 0 Å². The minimum Gasteiger partial charge on any atom is -0.508 e. The fourth-order valence-corrected chi connectivity index (χ4v) is 8.05. The lowest BCUT2D eigenvalue weighted by atomic mass is 9.49. The van der Waals surface area contributed by atoms with E-state index in [0.717, 1.165) is 59.5 Å². The van der Waals surface area contributed by atoms with Crippen LogP contribution in [0.15, 0.2) is 135 Å². The summed E-state index contributed by atoms with van der Waals surface area (Å²) < 4.78 is 11.5. The van der Waals surface area contributed by atoms with Gasteiger partial charge in [0.25, 0.3) is 0 Å². The van der Waals surface area contributed by atoms with E-state index in [9.17, 15) is 4.79 Å². The van der Waals surface area contributed by atoms with Crippen LogP contribution in [-0.2, 0) is 11.4 Å². The Morgan fingerprint density at radius 1 is 0.640 bits per heavy atom. The molecule has 5 aromatic carbocycles. The van der Waals surface area contributed by atoms with Crippen LogP contribution in [-0.4, -0.2) is 11.1 Å². The molecule has 4 heteroatoms. The number of ether oxygens (including phenoxy) is 2. The second kappa shape index (κ2) is 15.9. The molecule has 4 saturated carbocycles. The molecule has 0 aliphatic heterocycles. The summed E-state index contributed by atoms with van der Waals surface area (Å²) in [6.45, 7) is 11.6. The summed E-state index contributed by atoms with van der Waals surface area (Å²) in [5, 5.41) is 11.3. The van der Waals surface area contributed by atoms with Gasteiger partial charge in [0.1, 0.15) is 23.9 Å². The lowest BCUT2D eigenvalue weighted by molar-refractivity contribution is -0.161. The highest BCUT2D eigenvalue weighted by Crippen LogP contribution is 2.60. The van der Waals surface area contributed by atoms with Crippen molar-refractivity contribution in [2.45, 2.75) is 45.1 Å². The van der Waals surface area contributed by atoms with Crippen molar-refractivity contribution in [2.24, 2.45) is 23.2 Å². The van der Waals surface area contributed by atoms with Crippen molar-refractivity contribution in [3.05, 3.63) is 157 Å². The number of carbonyl (C=O) groups is 1. The Hall–Kier alpha value is -5.35. The average Bonchev–Trinajstić information content (AvgIpc) is 3.15. The van der Waals surface area contributed by atoms with E-state index in [0.29, 0.717) is 18.1 Å². The lowest BCUT2D eigenvalue weighted by Gasteiger charge is -2.55. The normalized spacial score (nSPS) is 21.1. The standard InChI is InChI=1S/C19H22O2.C19H16O.C8H8O/c1-2-13-3-5-17(6-4-13)21-18(20)19-10-14-7-15(11-19)9-16(8-14)12-19;1-2-15-8-11-19(12-9-15)20-14-16-7-10-17-5-3-4-6-18(17)13-16;1-2-7-3-5-8(9)6-4-7/h2-6,14-16H,1,7-12H2;2-13H,1,14H2;2-6,9H,1H2. The summed E-state index contributed by atoms with van der Waals surface area (Å²) in [6, 6.07) is 37.2. The molecule has 4 fully saturated rings. The number of hydrogen-bond acceptors (Lipinski definition) is 4. The highest BCUT2D eigenvalue weighted by Gasteiger charge is 2.55. The van der Waals surface area contributed by atoms with Crippen LogP contribution in [0.1, 0.15) is 60.8 Å². The number of esters is 1. The van der Waals surface area contributed by atoms with E-state index >= 15 is 0 Å². The fraction of sp³-hybridized carbons (Fsp3) is 0.239. The van der Waals surface area contributed by atoms with Gasteiger partial charge in [-0.2, -0.15) is 0 Å². The summed E-state index contributed by atoms with van der Waals surface area (Å²) in [4.78, 5) is 12.8. The SMILES string of the molecule is C=Cc1ccc(O)cc1.C=Cc1ccc(OC(=O)C23CC4CC(CC(C4)C2)C3)cc1.C=Cc1ccc(OCc2ccc3ccccc3c2)cc1. The Bertz CT molecular complexity index is 1880. The first-order valence-corrected chi connectivity index (χ1v) is 17.5. The first kappa shape index (κ1) is 34.5. The van der Waals surface area contributed by atoms with E-state index in [4.69, 9.17) is 14.6 Å². The molecule has 254 valence electrons. The molecule has 0 unspecified atom stereocenters. The first-order chi connectivity index (χ1) is 24.3. The number of benzene rings is 5. The number of aromatic hydroxyl groups is 1. The van der Waals surface area contributed by atoms with Crippen LogP contribution < -0.4 is 9.47 Å². The van der Waals surface area contributed by atoms with Crippen LogP contribution in [0.3, 0.4) is 0 Å². The van der Waals surface area contributed by atoms with Gasteiger partial charge in [-0.25, -0.2) is 0 Å². The molecule has 0 heterocycles. The molecule has 0 saturated heterocycles. The third kappa shape index (κ3) is 8.62. The number of phenols is 1. The number of phenolic OH excluding ortho intramolecular Hbond substituents is 1. The van der Waals surface area contributed by atoms with Gasteiger partial charge in [-0.1, -0.05) is 111 Å². The summed E-state index contributed by atoms with van der Waals surface area (Å²) >= 11 is 0. The Morgan fingerprint density at radius 3 is 1.64 bits per heavy atom. The second-order valence-electron chi connectivity index (χ2n) is 13.9. The van der Waals surface area contributed by atoms with Crippen LogP contribution in [0.25, 0.3) is 29.0 Å². The highest BCUT2D eigenvalue weighted by atomic mass is 16.5. The van der Waals surface area contributed by atoms with E-state index < -0.39 is 0 Å². The number of fused-ring (bicyclic) bond motifs is 1. The minimum atomic E-state index is -0.175. The van der Waals surface area contributed by atoms with Gasteiger partial charge in [0.05, 0.1) is 5.41 Å². The van der Waals surface area contributed by atoms with E-state index in [-0.39, 0.29) is 11.4 Å². The van der Waals surface area contributed by atoms with E-state index in [1.54, 1.807) is 24.3 Å². The van der Waals surface area contributed by atoms with Crippen LogP contribution in [0.5, 0.6) is 17.2 Å². The smallest absolute Gasteiger partial charge is 0.317 e.